The van der Waals surface area contributed by atoms with Crippen LogP contribution in [0.5, 0.6) is 0 Å². The predicted octanol–water partition coefficient (Wildman–Crippen LogP) is 3.99. The van der Waals surface area contributed by atoms with E-state index in [1.165, 1.54) is 12.8 Å². The maximum Gasteiger partial charge on any atom is 0.321 e. The van der Waals surface area contributed by atoms with Crippen LogP contribution < -0.4 is 10.6 Å². The van der Waals surface area contributed by atoms with Crippen LogP contribution in [-0.2, 0) is 0 Å². The van der Waals surface area contributed by atoms with Gasteiger partial charge in [0.2, 0.25) is 0 Å². The van der Waals surface area contributed by atoms with Crippen LogP contribution in [0.4, 0.5) is 10.5 Å². The van der Waals surface area contributed by atoms with Crippen LogP contribution in [0.2, 0.25) is 10.0 Å². The zero-order chi connectivity index (χ0) is 15.5. The maximum absolute atomic E-state index is 12.3. The van der Waals surface area contributed by atoms with Crippen molar-refractivity contribution in [2.24, 2.45) is 5.92 Å². The monoisotopic (exact) mass is 341 g/mol. The van der Waals surface area contributed by atoms with Crippen LogP contribution in [0.1, 0.15) is 25.7 Å². The lowest BCUT2D eigenvalue weighted by Crippen LogP contribution is -2.46. The van der Waals surface area contributed by atoms with E-state index in [0.717, 1.165) is 38.4 Å². The number of hydrogen-bond donors (Lipinski definition) is 2. The Morgan fingerprint density at radius 2 is 1.73 bits per heavy atom. The third-order valence-corrected chi connectivity index (χ3v) is 4.72. The SMILES string of the molecule is O=C(Nc1cc(Cl)cc(Cl)c1)N1CCC(NCC2CC2)CC1. The second-order valence-corrected chi connectivity index (χ2v) is 7.07. The summed E-state index contributed by atoms with van der Waals surface area (Å²) in [6, 6.07) is 5.52. The quantitative estimate of drug-likeness (QED) is 0.869. The second-order valence-electron chi connectivity index (χ2n) is 6.20. The molecule has 0 bridgehead atoms. The molecule has 2 aliphatic rings. The molecule has 0 spiro atoms. The summed E-state index contributed by atoms with van der Waals surface area (Å²) in [6.07, 6.45) is 4.76. The molecule has 1 heterocycles. The molecule has 2 amide bonds. The van der Waals surface area contributed by atoms with Crippen molar-refractivity contribution in [1.82, 2.24) is 10.2 Å². The predicted molar refractivity (Wildman–Crippen MR) is 90.8 cm³/mol. The molecule has 4 nitrogen and oxygen atoms in total. The lowest BCUT2D eigenvalue weighted by Gasteiger charge is -2.32. The average Bonchev–Trinajstić information content (AvgIpc) is 3.28. The van der Waals surface area contributed by atoms with Gasteiger partial charge < -0.3 is 15.5 Å². The third-order valence-electron chi connectivity index (χ3n) is 4.29. The van der Waals surface area contributed by atoms with E-state index >= 15 is 0 Å². The minimum Gasteiger partial charge on any atom is -0.324 e. The van der Waals surface area contributed by atoms with Gasteiger partial charge in [0.15, 0.2) is 0 Å². The number of urea groups is 1. The number of nitrogens with one attached hydrogen (secondary N) is 2. The number of amides is 2. The van der Waals surface area contributed by atoms with Crippen molar-refractivity contribution in [3.05, 3.63) is 28.2 Å². The number of likely N-dealkylation sites (tertiary alicyclic amines) is 1. The highest BCUT2D eigenvalue weighted by Crippen LogP contribution is 2.28. The largest absolute Gasteiger partial charge is 0.324 e. The van der Waals surface area contributed by atoms with Gasteiger partial charge in [-0.2, -0.15) is 0 Å². The lowest BCUT2D eigenvalue weighted by molar-refractivity contribution is 0.189. The number of piperidine rings is 1. The maximum atomic E-state index is 12.3. The Bertz CT molecular complexity index is 520. The van der Waals surface area contributed by atoms with Crippen molar-refractivity contribution >= 4 is 34.9 Å². The molecule has 1 aromatic rings. The van der Waals surface area contributed by atoms with E-state index in [9.17, 15) is 4.79 Å². The molecule has 1 saturated heterocycles. The Labute approximate surface area is 141 Å². The number of rotatable bonds is 4. The number of carbonyl (C=O) groups is 1. The van der Waals surface area contributed by atoms with Gasteiger partial charge in [-0.25, -0.2) is 4.79 Å². The highest BCUT2D eigenvalue weighted by Gasteiger charge is 2.26. The summed E-state index contributed by atoms with van der Waals surface area (Å²) in [5.74, 6) is 0.897. The van der Waals surface area contributed by atoms with E-state index in [2.05, 4.69) is 10.6 Å². The fourth-order valence-electron chi connectivity index (χ4n) is 2.77. The molecule has 3 rings (SSSR count). The molecule has 2 N–H and O–H groups in total. The Morgan fingerprint density at radius 1 is 1.09 bits per heavy atom. The van der Waals surface area contributed by atoms with Crippen molar-refractivity contribution in [2.45, 2.75) is 31.7 Å². The highest BCUT2D eigenvalue weighted by molar-refractivity contribution is 6.35. The Balaban J connectivity index is 1.46. The fourth-order valence-corrected chi connectivity index (χ4v) is 3.30. The van der Waals surface area contributed by atoms with E-state index in [1.807, 2.05) is 4.90 Å². The van der Waals surface area contributed by atoms with Crippen LogP contribution in [0.25, 0.3) is 0 Å². The molecule has 0 unspecified atom stereocenters. The normalized spacial score (nSPS) is 19.3. The van der Waals surface area contributed by atoms with Gasteiger partial charge in [0, 0.05) is 34.9 Å². The standard InChI is InChI=1S/C16H21Cl2N3O/c17-12-7-13(18)9-15(8-12)20-16(22)21-5-3-14(4-6-21)19-10-11-1-2-11/h7-9,11,14,19H,1-6,10H2,(H,20,22). The van der Waals surface area contributed by atoms with Crippen molar-refractivity contribution in [3.8, 4) is 0 Å². The van der Waals surface area contributed by atoms with Gasteiger partial charge >= 0.3 is 6.03 Å². The van der Waals surface area contributed by atoms with Crippen LogP contribution in [-0.4, -0.2) is 36.6 Å². The van der Waals surface area contributed by atoms with Gasteiger partial charge in [-0.05, 0) is 56.3 Å². The highest BCUT2D eigenvalue weighted by atomic mass is 35.5. The molecular weight excluding hydrogens is 321 g/mol. The number of carbonyl (C=O) groups excluding carboxylic acids is 1. The zero-order valence-corrected chi connectivity index (χ0v) is 14.0. The van der Waals surface area contributed by atoms with Gasteiger partial charge in [0.1, 0.15) is 0 Å². The smallest absolute Gasteiger partial charge is 0.321 e. The van der Waals surface area contributed by atoms with Crippen molar-refractivity contribution in [2.75, 3.05) is 25.0 Å². The summed E-state index contributed by atoms with van der Waals surface area (Å²) in [7, 11) is 0. The van der Waals surface area contributed by atoms with Gasteiger partial charge in [0.05, 0.1) is 0 Å². The van der Waals surface area contributed by atoms with E-state index in [4.69, 9.17) is 23.2 Å². The Kier molecular flexibility index (Phi) is 5.11. The van der Waals surface area contributed by atoms with Gasteiger partial charge in [-0.3, -0.25) is 0 Å². The third kappa shape index (κ3) is 4.51. The number of benzene rings is 1. The molecule has 120 valence electrons. The Hall–Kier alpha value is -0.970. The van der Waals surface area contributed by atoms with Gasteiger partial charge in [-0.1, -0.05) is 23.2 Å². The van der Waals surface area contributed by atoms with E-state index in [1.54, 1.807) is 18.2 Å². The Morgan fingerprint density at radius 3 is 2.32 bits per heavy atom. The van der Waals surface area contributed by atoms with E-state index in [0.29, 0.717) is 21.8 Å². The molecule has 0 aromatic heterocycles. The number of nitrogens with zero attached hydrogens (tertiary/aromatic N) is 1. The van der Waals surface area contributed by atoms with Crippen LogP contribution >= 0.6 is 23.2 Å². The molecule has 6 heteroatoms. The van der Waals surface area contributed by atoms with Gasteiger partial charge in [0.25, 0.3) is 0 Å². The molecule has 1 aliphatic carbocycles. The average molecular weight is 342 g/mol. The van der Waals surface area contributed by atoms with Crippen molar-refractivity contribution in [3.63, 3.8) is 0 Å². The van der Waals surface area contributed by atoms with E-state index in [-0.39, 0.29) is 6.03 Å². The minimum atomic E-state index is -0.0843. The molecule has 1 saturated carbocycles. The zero-order valence-electron chi connectivity index (χ0n) is 12.4. The molecule has 2 fully saturated rings. The van der Waals surface area contributed by atoms with Crippen molar-refractivity contribution < 1.29 is 4.79 Å². The first-order chi connectivity index (χ1) is 10.6. The first-order valence-electron chi connectivity index (χ1n) is 7.85. The molecule has 22 heavy (non-hydrogen) atoms. The van der Waals surface area contributed by atoms with Crippen molar-refractivity contribution in [1.29, 1.82) is 0 Å². The molecule has 1 aliphatic heterocycles. The molecule has 0 radical (unpaired) electrons. The first kappa shape index (κ1) is 15.9. The molecule has 0 atom stereocenters. The summed E-state index contributed by atoms with van der Waals surface area (Å²) in [6.45, 7) is 2.70. The molecule has 1 aromatic carbocycles. The number of halogens is 2. The minimum absolute atomic E-state index is 0.0843. The first-order valence-corrected chi connectivity index (χ1v) is 8.61. The number of anilines is 1. The number of hydrogen-bond acceptors (Lipinski definition) is 2. The van der Waals surface area contributed by atoms with E-state index < -0.39 is 0 Å². The van der Waals surface area contributed by atoms with Crippen LogP contribution in [0.3, 0.4) is 0 Å². The lowest BCUT2D eigenvalue weighted by atomic mass is 10.1. The van der Waals surface area contributed by atoms with Crippen LogP contribution in [0.15, 0.2) is 18.2 Å². The molecular formula is C16H21Cl2N3O. The topological polar surface area (TPSA) is 44.4 Å². The summed E-state index contributed by atoms with van der Waals surface area (Å²) >= 11 is 11.9. The summed E-state index contributed by atoms with van der Waals surface area (Å²) in [5.41, 5.74) is 0.636. The van der Waals surface area contributed by atoms with Gasteiger partial charge in [-0.15, -0.1) is 0 Å². The van der Waals surface area contributed by atoms with Crippen LogP contribution in [0, 0.1) is 5.92 Å². The summed E-state index contributed by atoms with van der Waals surface area (Å²) in [5, 5.41) is 7.52. The summed E-state index contributed by atoms with van der Waals surface area (Å²) < 4.78 is 0. The fraction of sp³-hybridized carbons (Fsp3) is 0.562. The second kappa shape index (κ2) is 7.07. The summed E-state index contributed by atoms with van der Waals surface area (Å²) in [4.78, 5) is 14.1.